The largest absolute Gasteiger partial charge is 0.385 e. The number of hydrogen-bond donors (Lipinski definition) is 3. The highest BCUT2D eigenvalue weighted by molar-refractivity contribution is 5.79. The van der Waals surface area contributed by atoms with Crippen molar-refractivity contribution in [1.29, 1.82) is 0 Å². The molecule has 1 aromatic carbocycles. The summed E-state index contributed by atoms with van der Waals surface area (Å²) < 4.78 is 5.45. The van der Waals surface area contributed by atoms with E-state index in [-0.39, 0.29) is 0 Å². The standard InChI is InChI=1S/C21H33N5O/c1-4-17(5-2)20-15-19(27-26-20)16-25-21(22-6-3)24-14-10-13-23-18-11-8-7-9-12-18/h7-9,11-12,15,17,23H,4-6,10,13-14,16H2,1-3H3,(H2,22,24,25). The van der Waals surface area contributed by atoms with Crippen LogP contribution in [0.5, 0.6) is 0 Å². The summed E-state index contributed by atoms with van der Waals surface area (Å²) in [5.74, 6) is 2.08. The fourth-order valence-corrected chi connectivity index (χ4v) is 2.89. The highest BCUT2D eigenvalue weighted by atomic mass is 16.5. The van der Waals surface area contributed by atoms with Gasteiger partial charge in [0.05, 0.1) is 5.69 Å². The minimum atomic E-state index is 0.468. The fraction of sp³-hybridized carbons (Fsp3) is 0.524. The third-order valence-electron chi connectivity index (χ3n) is 4.47. The van der Waals surface area contributed by atoms with E-state index >= 15 is 0 Å². The monoisotopic (exact) mass is 371 g/mol. The molecule has 1 aromatic heterocycles. The van der Waals surface area contributed by atoms with Gasteiger partial charge in [0.1, 0.15) is 6.54 Å². The van der Waals surface area contributed by atoms with Crippen LogP contribution in [0.15, 0.2) is 45.9 Å². The van der Waals surface area contributed by atoms with Gasteiger partial charge >= 0.3 is 0 Å². The maximum absolute atomic E-state index is 5.45. The summed E-state index contributed by atoms with van der Waals surface area (Å²) in [6.45, 7) is 9.50. The first-order valence-corrected chi connectivity index (χ1v) is 10.0. The summed E-state index contributed by atoms with van der Waals surface area (Å²) in [4.78, 5) is 4.60. The molecule has 6 heteroatoms. The lowest BCUT2D eigenvalue weighted by Crippen LogP contribution is -2.38. The van der Waals surface area contributed by atoms with Gasteiger partial charge in [0, 0.05) is 37.3 Å². The van der Waals surface area contributed by atoms with Crippen LogP contribution in [0.4, 0.5) is 5.69 Å². The van der Waals surface area contributed by atoms with E-state index in [4.69, 9.17) is 4.52 Å². The highest BCUT2D eigenvalue weighted by Gasteiger charge is 2.12. The topological polar surface area (TPSA) is 74.5 Å². The number of aromatic nitrogens is 1. The number of nitrogens with one attached hydrogen (secondary N) is 3. The van der Waals surface area contributed by atoms with Gasteiger partial charge in [-0.1, -0.05) is 37.2 Å². The third kappa shape index (κ3) is 7.33. The van der Waals surface area contributed by atoms with Gasteiger partial charge in [0.15, 0.2) is 11.7 Å². The van der Waals surface area contributed by atoms with E-state index in [0.29, 0.717) is 12.5 Å². The number of hydrogen-bond acceptors (Lipinski definition) is 4. The van der Waals surface area contributed by atoms with Gasteiger partial charge in [-0.3, -0.25) is 0 Å². The SMILES string of the molecule is CCNC(=NCc1cc(C(CC)CC)no1)NCCCNc1ccccc1. The smallest absolute Gasteiger partial charge is 0.191 e. The zero-order chi connectivity index (χ0) is 19.3. The molecule has 27 heavy (non-hydrogen) atoms. The van der Waals surface area contributed by atoms with Crippen molar-refractivity contribution >= 4 is 11.6 Å². The number of guanidine groups is 1. The third-order valence-corrected chi connectivity index (χ3v) is 4.47. The van der Waals surface area contributed by atoms with Gasteiger partial charge < -0.3 is 20.5 Å². The lowest BCUT2D eigenvalue weighted by atomic mass is 9.99. The number of anilines is 1. The molecule has 0 atom stereocenters. The number of aliphatic imine (C=N–C) groups is 1. The summed E-state index contributed by atoms with van der Waals surface area (Å²) >= 11 is 0. The van der Waals surface area contributed by atoms with Crippen molar-refractivity contribution in [2.24, 2.45) is 4.99 Å². The Balaban J connectivity index is 1.76. The molecule has 3 N–H and O–H groups in total. The summed E-state index contributed by atoms with van der Waals surface area (Å²) in [7, 11) is 0. The maximum atomic E-state index is 5.45. The molecule has 0 spiro atoms. The van der Waals surface area contributed by atoms with Gasteiger partial charge in [0.25, 0.3) is 0 Å². The van der Waals surface area contributed by atoms with Crippen molar-refractivity contribution in [3.05, 3.63) is 47.9 Å². The molecule has 0 fully saturated rings. The second-order valence-electron chi connectivity index (χ2n) is 6.50. The number of para-hydroxylation sites is 1. The highest BCUT2D eigenvalue weighted by Crippen LogP contribution is 2.22. The van der Waals surface area contributed by atoms with E-state index in [1.165, 1.54) is 0 Å². The zero-order valence-electron chi connectivity index (χ0n) is 16.8. The molecule has 0 radical (unpaired) electrons. The predicted octanol–water partition coefficient (Wildman–Crippen LogP) is 4.14. The van der Waals surface area contributed by atoms with Gasteiger partial charge in [-0.15, -0.1) is 0 Å². The van der Waals surface area contributed by atoms with Crippen molar-refractivity contribution in [2.75, 3.05) is 25.0 Å². The van der Waals surface area contributed by atoms with E-state index in [1.54, 1.807) is 0 Å². The fourth-order valence-electron chi connectivity index (χ4n) is 2.89. The van der Waals surface area contributed by atoms with Crippen molar-refractivity contribution in [3.8, 4) is 0 Å². The number of benzene rings is 1. The Hall–Kier alpha value is -2.50. The lowest BCUT2D eigenvalue weighted by molar-refractivity contribution is 0.372. The summed E-state index contributed by atoms with van der Waals surface area (Å²) in [6.07, 6.45) is 3.15. The van der Waals surface area contributed by atoms with Crippen molar-refractivity contribution in [3.63, 3.8) is 0 Å². The van der Waals surface area contributed by atoms with Crippen LogP contribution in [0.25, 0.3) is 0 Å². The second kappa shape index (κ2) is 12.0. The van der Waals surface area contributed by atoms with E-state index in [9.17, 15) is 0 Å². The van der Waals surface area contributed by atoms with Crippen LogP contribution < -0.4 is 16.0 Å². The number of nitrogens with zero attached hydrogens (tertiary/aromatic N) is 2. The van der Waals surface area contributed by atoms with Crippen LogP contribution in [0.1, 0.15) is 57.4 Å². The van der Waals surface area contributed by atoms with E-state index < -0.39 is 0 Å². The maximum Gasteiger partial charge on any atom is 0.191 e. The van der Waals surface area contributed by atoms with Gasteiger partial charge in [0.2, 0.25) is 0 Å². The minimum Gasteiger partial charge on any atom is -0.385 e. The van der Waals surface area contributed by atoms with Crippen LogP contribution in [-0.4, -0.2) is 30.8 Å². The molecule has 0 aliphatic carbocycles. The first-order valence-electron chi connectivity index (χ1n) is 10.0. The lowest BCUT2D eigenvalue weighted by Gasteiger charge is -2.11. The zero-order valence-corrected chi connectivity index (χ0v) is 16.8. The molecule has 2 rings (SSSR count). The molecule has 6 nitrogen and oxygen atoms in total. The normalized spacial score (nSPS) is 11.6. The van der Waals surface area contributed by atoms with Crippen LogP contribution in [-0.2, 0) is 6.54 Å². The molecule has 0 saturated heterocycles. The quantitative estimate of drug-likeness (QED) is 0.314. The van der Waals surface area contributed by atoms with E-state index in [1.807, 2.05) is 24.3 Å². The first kappa shape index (κ1) is 20.8. The number of rotatable bonds is 11. The molecule has 0 bridgehead atoms. The molecule has 0 aliphatic heterocycles. The summed E-state index contributed by atoms with van der Waals surface area (Å²) in [6, 6.07) is 12.3. The van der Waals surface area contributed by atoms with Crippen LogP contribution in [0, 0.1) is 0 Å². The minimum absolute atomic E-state index is 0.468. The van der Waals surface area contributed by atoms with Crippen molar-refractivity contribution in [1.82, 2.24) is 15.8 Å². The molecule has 0 amide bonds. The molecule has 1 heterocycles. The van der Waals surface area contributed by atoms with Crippen LogP contribution in [0.2, 0.25) is 0 Å². The Bertz CT molecular complexity index is 664. The van der Waals surface area contributed by atoms with E-state index in [2.05, 4.69) is 59.0 Å². The molecule has 2 aromatic rings. The predicted molar refractivity (Wildman–Crippen MR) is 112 cm³/mol. The van der Waals surface area contributed by atoms with Crippen LogP contribution in [0.3, 0.4) is 0 Å². The van der Waals surface area contributed by atoms with Crippen molar-refractivity contribution in [2.45, 2.75) is 52.5 Å². The van der Waals surface area contributed by atoms with Gasteiger partial charge in [-0.05, 0) is 38.3 Å². The van der Waals surface area contributed by atoms with Crippen molar-refractivity contribution < 1.29 is 4.52 Å². The first-order chi connectivity index (χ1) is 13.3. The second-order valence-corrected chi connectivity index (χ2v) is 6.50. The summed E-state index contributed by atoms with van der Waals surface area (Å²) in [5.41, 5.74) is 2.19. The van der Waals surface area contributed by atoms with Crippen LogP contribution >= 0.6 is 0 Å². The summed E-state index contributed by atoms with van der Waals surface area (Å²) in [5, 5.41) is 14.2. The van der Waals surface area contributed by atoms with E-state index in [0.717, 1.165) is 62.0 Å². The van der Waals surface area contributed by atoms with Gasteiger partial charge in [-0.25, -0.2) is 4.99 Å². The molecular weight excluding hydrogens is 338 g/mol. The van der Waals surface area contributed by atoms with Gasteiger partial charge in [-0.2, -0.15) is 0 Å². The molecule has 148 valence electrons. The average Bonchev–Trinajstić information content (AvgIpc) is 3.16. The Kier molecular flexibility index (Phi) is 9.24. The Morgan fingerprint density at radius 2 is 1.85 bits per heavy atom. The Labute approximate surface area is 162 Å². The molecule has 0 unspecified atom stereocenters. The Morgan fingerprint density at radius 1 is 1.07 bits per heavy atom. The molecule has 0 saturated carbocycles. The Morgan fingerprint density at radius 3 is 2.56 bits per heavy atom. The average molecular weight is 372 g/mol. The molecule has 0 aliphatic rings. The molecular formula is C21H33N5O.